The number of allylic oxidation sites excluding steroid dienone is 1. The van der Waals surface area contributed by atoms with Gasteiger partial charge in [0.15, 0.2) is 0 Å². The average molecular weight is 318 g/mol. The minimum absolute atomic E-state index is 0.0512. The molecule has 0 aromatic heterocycles. The van der Waals surface area contributed by atoms with Crippen molar-refractivity contribution in [1.82, 2.24) is 0 Å². The van der Waals surface area contributed by atoms with E-state index in [0.717, 1.165) is 57.4 Å². The quantitative estimate of drug-likeness (QED) is 0.671. The standard InChI is InChI=1S/C20H24F2O/c21-20(22)13-14-1-3-15(4-2-14)16-5-7-17(8-6-16)18-9-11-19(23)12-10-18/h5-8,13-15,18H,1-4,9-12H2. The number of halogens is 2. The Balaban J connectivity index is 1.58. The molecule has 3 heteroatoms. The smallest absolute Gasteiger partial charge is 0.266 e. The van der Waals surface area contributed by atoms with Gasteiger partial charge >= 0.3 is 0 Å². The van der Waals surface area contributed by atoms with Gasteiger partial charge < -0.3 is 0 Å². The lowest BCUT2D eigenvalue weighted by molar-refractivity contribution is -0.120. The first-order valence-corrected chi connectivity index (χ1v) is 8.76. The van der Waals surface area contributed by atoms with Crippen LogP contribution in [0.2, 0.25) is 0 Å². The molecule has 2 aliphatic carbocycles. The van der Waals surface area contributed by atoms with Crippen LogP contribution in [0.1, 0.15) is 74.3 Å². The fraction of sp³-hybridized carbons (Fsp3) is 0.550. The lowest BCUT2D eigenvalue weighted by Crippen LogP contribution is -2.13. The molecule has 23 heavy (non-hydrogen) atoms. The summed E-state index contributed by atoms with van der Waals surface area (Å²) in [4.78, 5) is 11.3. The van der Waals surface area contributed by atoms with E-state index in [1.54, 1.807) is 0 Å². The van der Waals surface area contributed by atoms with E-state index in [9.17, 15) is 13.6 Å². The maximum absolute atomic E-state index is 12.3. The number of hydrogen-bond acceptors (Lipinski definition) is 1. The molecule has 1 aromatic rings. The molecule has 1 nitrogen and oxygen atoms in total. The van der Waals surface area contributed by atoms with E-state index >= 15 is 0 Å². The summed E-state index contributed by atoms with van der Waals surface area (Å²) in [6.07, 6.45) is 6.67. The van der Waals surface area contributed by atoms with Crippen LogP contribution in [0.25, 0.3) is 0 Å². The minimum Gasteiger partial charge on any atom is -0.300 e. The number of hydrogen-bond donors (Lipinski definition) is 0. The highest BCUT2D eigenvalue weighted by molar-refractivity contribution is 5.79. The molecule has 0 aliphatic heterocycles. The molecule has 0 amide bonds. The van der Waals surface area contributed by atoms with Crippen LogP contribution in [0, 0.1) is 5.92 Å². The van der Waals surface area contributed by atoms with Crippen molar-refractivity contribution in [3.05, 3.63) is 47.5 Å². The van der Waals surface area contributed by atoms with Crippen molar-refractivity contribution in [3.63, 3.8) is 0 Å². The molecule has 0 atom stereocenters. The summed E-state index contributed by atoms with van der Waals surface area (Å²) < 4.78 is 24.6. The van der Waals surface area contributed by atoms with Gasteiger partial charge in [0.05, 0.1) is 0 Å². The first-order valence-electron chi connectivity index (χ1n) is 8.76. The Kier molecular flexibility index (Phi) is 5.24. The zero-order valence-corrected chi connectivity index (χ0v) is 13.4. The Labute approximate surface area is 136 Å². The van der Waals surface area contributed by atoms with Gasteiger partial charge in [0.1, 0.15) is 5.78 Å². The first-order chi connectivity index (χ1) is 11.1. The van der Waals surface area contributed by atoms with Crippen LogP contribution in [0.3, 0.4) is 0 Å². The minimum atomic E-state index is -1.54. The number of carbonyl (C=O) groups is 1. The van der Waals surface area contributed by atoms with E-state index in [1.165, 1.54) is 11.1 Å². The van der Waals surface area contributed by atoms with Crippen molar-refractivity contribution < 1.29 is 13.6 Å². The van der Waals surface area contributed by atoms with E-state index < -0.39 is 6.08 Å². The Morgan fingerprint density at radius 2 is 1.30 bits per heavy atom. The second kappa shape index (κ2) is 7.37. The van der Waals surface area contributed by atoms with Gasteiger partial charge in [-0.15, -0.1) is 0 Å². The Bertz CT molecular complexity index is 554. The molecule has 0 heterocycles. The number of ketones is 1. The maximum Gasteiger partial charge on any atom is 0.266 e. The second-order valence-electron chi connectivity index (χ2n) is 7.05. The van der Waals surface area contributed by atoms with Crippen molar-refractivity contribution in [3.8, 4) is 0 Å². The van der Waals surface area contributed by atoms with Crippen molar-refractivity contribution in [2.24, 2.45) is 5.92 Å². The summed E-state index contributed by atoms with van der Waals surface area (Å²) in [6.45, 7) is 0. The summed E-state index contributed by atoms with van der Waals surface area (Å²) in [7, 11) is 0. The number of carbonyl (C=O) groups excluding carboxylic acids is 1. The highest BCUT2D eigenvalue weighted by Crippen LogP contribution is 2.38. The molecule has 3 rings (SSSR count). The van der Waals surface area contributed by atoms with Crippen molar-refractivity contribution in [1.29, 1.82) is 0 Å². The fourth-order valence-electron chi connectivity index (χ4n) is 4.11. The van der Waals surface area contributed by atoms with Crippen LogP contribution in [0.15, 0.2) is 36.4 Å². The van der Waals surface area contributed by atoms with Gasteiger partial charge in [0.2, 0.25) is 0 Å². The third-order valence-electron chi connectivity index (χ3n) is 5.56. The van der Waals surface area contributed by atoms with Crippen molar-refractivity contribution in [2.45, 2.75) is 63.2 Å². The SMILES string of the molecule is O=C1CCC(c2ccc(C3CCC(C=C(F)F)CC3)cc2)CC1. The number of Topliss-reactive ketones (excluding diaryl/α,β-unsaturated/α-hetero) is 1. The molecule has 2 aliphatic rings. The third kappa shape index (κ3) is 4.27. The van der Waals surface area contributed by atoms with Gasteiger partial charge in [-0.3, -0.25) is 4.79 Å². The van der Waals surface area contributed by atoms with Gasteiger partial charge in [-0.2, -0.15) is 8.78 Å². The molecule has 0 unspecified atom stereocenters. The zero-order valence-electron chi connectivity index (χ0n) is 13.4. The predicted octanol–water partition coefficient (Wildman–Crippen LogP) is 5.97. The molecular formula is C20H24F2O. The molecule has 0 bridgehead atoms. The summed E-state index contributed by atoms with van der Waals surface area (Å²) in [5.74, 6) is 1.48. The van der Waals surface area contributed by atoms with Crippen LogP contribution < -0.4 is 0 Å². The second-order valence-corrected chi connectivity index (χ2v) is 7.05. The Hall–Kier alpha value is -1.51. The fourth-order valence-corrected chi connectivity index (χ4v) is 4.11. The topological polar surface area (TPSA) is 17.1 Å². The largest absolute Gasteiger partial charge is 0.300 e. The van der Waals surface area contributed by atoms with Gasteiger partial charge in [-0.05, 0) is 73.5 Å². The monoisotopic (exact) mass is 318 g/mol. The summed E-state index contributed by atoms with van der Waals surface area (Å²) in [5.41, 5.74) is 2.68. The normalized spacial score (nSPS) is 26.1. The van der Waals surface area contributed by atoms with Gasteiger partial charge in [-0.1, -0.05) is 24.3 Å². The van der Waals surface area contributed by atoms with Crippen LogP contribution >= 0.6 is 0 Å². The first kappa shape index (κ1) is 16.4. The number of rotatable bonds is 3. The van der Waals surface area contributed by atoms with E-state index in [2.05, 4.69) is 24.3 Å². The summed E-state index contributed by atoms with van der Waals surface area (Å²) >= 11 is 0. The molecule has 0 saturated heterocycles. The van der Waals surface area contributed by atoms with E-state index in [-0.39, 0.29) is 5.92 Å². The average Bonchev–Trinajstić information content (AvgIpc) is 2.56. The molecule has 0 N–H and O–H groups in total. The summed E-state index contributed by atoms with van der Waals surface area (Å²) in [5, 5.41) is 0. The molecule has 1 aromatic carbocycles. The van der Waals surface area contributed by atoms with Gasteiger partial charge in [-0.25, -0.2) is 0 Å². The van der Waals surface area contributed by atoms with Crippen molar-refractivity contribution in [2.75, 3.05) is 0 Å². The third-order valence-corrected chi connectivity index (χ3v) is 5.56. The highest BCUT2D eigenvalue weighted by atomic mass is 19.3. The zero-order chi connectivity index (χ0) is 16.2. The Morgan fingerprint density at radius 3 is 1.78 bits per heavy atom. The number of benzene rings is 1. The van der Waals surface area contributed by atoms with Gasteiger partial charge in [0, 0.05) is 12.8 Å². The van der Waals surface area contributed by atoms with Crippen LogP contribution in [0.5, 0.6) is 0 Å². The molecule has 124 valence electrons. The molecular weight excluding hydrogens is 294 g/mol. The molecule has 2 fully saturated rings. The summed E-state index contributed by atoms with van der Waals surface area (Å²) in [6, 6.07) is 8.84. The molecule has 2 saturated carbocycles. The van der Waals surface area contributed by atoms with Crippen LogP contribution in [-0.2, 0) is 4.79 Å². The van der Waals surface area contributed by atoms with Crippen molar-refractivity contribution >= 4 is 5.78 Å². The Morgan fingerprint density at radius 1 is 0.826 bits per heavy atom. The van der Waals surface area contributed by atoms with E-state index in [0.29, 0.717) is 17.6 Å². The molecule has 0 radical (unpaired) electrons. The highest BCUT2D eigenvalue weighted by Gasteiger charge is 2.23. The van der Waals surface area contributed by atoms with Crippen LogP contribution in [0.4, 0.5) is 8.78 Å². The lowest BCUT2D eigenvalue weighted by atomic mass is 9.78. The predicted molar refractivity (Wildman–Crippen MR) is 87.7 cm³/mol. The van der Waals surface area contributed by atoms with E-state index in [4.69, 9.17) is 0 Å². The lowest BCUT2D eigenvalue weighted by Gasteiger charge is -2.27. The van der Waals surface area contributed by atoms with E-state index in [1.807, 2.05) is 0 Å². The van der Waals surface area contributed by atoms with Gasteiger partial charge in [0.25, 0.3) is 6.08 Å². The maximum atomic E-state index is 12.3. The molecule has 0 spiro atoms. The van der Waals surface area contributed by atoms with Crippen LogP contribution in [-0.4, -0.2) is 5.78 Å².